The molecule has 0 unspecified atom stereocenters. The zero-order chi connectivity index (χ0) is 50.2. The van der Waals surface area contributed by atoms with Gasteiger partial charge in [0.15, 0.2) is 8.07 Å². The Balaban J connectivity index is 0.909. The summed E-state index contributed by atoms with van der Waals surface area (Å²) in [5.74, 6) is 0. The average molecular weight is 983 g/mol. The van der Waals surface area contributed by atoms with Crippen LogP contribution in [0.25, 0.3) is 77.2 Å². The van der Waals surface area contributed by atoms with Gasteiger partial charge in [-0.25, -0.2) is 0 Å². The van der Waals surface area contributed by atoms with Gasteiger partial charge in [-0.2, -0.15) is 0 Å². The van der Waals surface area contributed by atoms with Crippen molar-refractivity contribution in [3.8, 4) is 33.6 Å². The van der Waals surface area contributed by atoms with Crippen molar-refractivity contribution in [2.24, 2.45) is 0 Å². The first kappa shape index (κ1) is 44.0. The molecule has 0 aliphatic heterocycles. The summed E-state index contributed by atoms with van der Waals surface area (Å²) in [6.45, 7) is 0. The maximum atomic E-state index is 2.47. The molecule has 2 nitrogen and oxygen atoms in total. The molecular formula is C73H50N2Si. The molecule has 15 rings (SSSR count). The van der Waals surface area contributed by atoms with Crippen LogP contribution in [0.3, 0.4) is 0 Å². The highest BCUT2D eigenvalue weighted by Crippen LogP contribution is 2.59. The Kier molecular flexibility index (Phi) is 10.2. The second-order valence-corrected chi connectivity index (χ2v) is 24.1. The Bertz CT molecular complexity index is 4350. The molecule has 3 heteroatoms. The molecule has 0 radical (unpaired) electrons. The minimum atomic E-state index is -2.71. The van der Waals surface area contributed by atoms with E-state index < -0.39 is 13.5 Å². The van der Waals surface area contributed by atoms with Gasteiger partial charge in [0, 0.05) is 32.9 Å². The van der Waals surface area contributed by atoms with E-state index in [1.807, 2.05) is 0 Å². The summed E-state index contributed by atoms with van der Waals surface area (Å²) < 4.78 is 4.95. The number of hydrogen-bond acceptors (Lipinski definition) is 0. The largest absolute Gasteiger partial charge is 0.309 e. The van der Waals surface area contributed by atoms with Gasteiger partial charge in [0.2, 0.25) is 0 Å². The third-order valence-corrected chi connectivity index (χ3v) is 21.3. The minimum Gasteiger partial charge on any atom is -0.309 e. The number of rotatable bonds is 9. The van der Waals surface area contributed by atoms with Gasteiger partial charge in [-0.3, -0.25) is 0 Å². The lowest BCUT2D eigenvalue weighted by Gasteiger charge is -2.35. The minimum absolute atomic E-state index is 0.515. The molecule has 0 fully saturated rings. The predicted octanol–water partition coefficient (Wildman–Crippen LogP) is 15.3. The molecule has 14 aromatic rings. The summed E-state index contributed by atoms with van der Waals surface area (Å²) in [5.41, 5.74) is 16.7. The van der Waals surface area contributed by atoms with Crippen LogP contribution in [0.2, 0.25) is 0 Å². The fraction of sp³-hybridized carbons (Fsp3) is 0.0137. The first-order chi connectivity index (χ1) is 37.7. The van der Waals surface area contributed by atoms with E-state index in [1.54, 1.807) is 0 Å². The van der Waals surface area contributed by atoms with Gasteiger partial charge in [-0.05, 0) is 114 Å². The van der Waals surface area contributed by atoms with Crippen molar-refractivity contribution in [1.29, 1.82) is 0 Å². The van der Waals surface area contributed by atoms with E-state index in [-0.39, 0.29) is 0 Å². The van der Waals surface area contributed by atoms with Crippen molar-refractivity contribution in [2.45, 2.75) is 5.41 Å². The van der Waals surface area contributed by atoms with E-state index in [4.69, 9.17) is 0 Å². The summed E-state index contributed by atoms with van der Waals surface area (Å²) >= 11 is 0. The number of benzene rings is 12. The van der Waals surface area contributed by atoms with Crippen LogP contribution in [0.5, 0.6) is 0 Å². The summed E-state index contributed by atoms with van der Waals surface area (Å²) in [6.07, 6.45) is 0. The molecule has 0 bridgehead atoms. The van der Waals surface area contributed by atoms with Crippen LogP contribution in [0, 0.1) is 0 Å². The quantitative estimate of drug-likeness (QED) is 0.101. The van der Waals surface area contributed by atoms with E-state index in [2.05, 4.69) is 312 Å². The monoisotopic (exact) mass is 982 g/mol. The normalized spacial score (nSPS) is 12.8. The average Bonchev–Trinajstić information content (AvgIpc) is 4.29. The Hall–Kier alpha value is -9.54. The molecule has 2 heterocycles. The lowest BCUT2D eigenvalue weighted by atomic mass is 9.66. The number of fused-ring (bicyclic) bond motifs is 9. The molecule has 0 saturated carbocycles. The van der Waals surface area contributed by atoms with Crippen LogP contribution in [0.4, 0.5) is 0 Å². The first-order valence-electron chi connectivity index (χ1n) is 26.4. The maximum absolute atomic E-state index is 2.71. The number of para-hydroxylation sites is 2. The Morgan fingerprint density at radius 2 is 0.697 bits per heavy atom. The van der Waals surface area contributed by atoms with Crippen LogP contribution < -0.4 is 20.7 Å². The molecule has 0 N–H and O–H groups in total. The molecule has 2 aromatic heterocycles. The summed E-state index contributed by atoms with van der Waals surface area (Å²) in [6, 6.07) is 113. The van der Waals surface area contributed by atoms with Crippen molar-refractivity contribution < 1.29 is 0 Å². The lowest BCUT2D eigenvalue weighted by molar-refractivity contribution is 0.770. The molecule has 0 amide bonds. The Morgan fingerprint density at radius 3 is 1.30 bits per heavy atom. The second-order valence-electron chi connectivity index (χ2n) is 20.3. The van der Waals surface area contributed by atoms with Crippen molar-refractivity contribution >= 4 is 72.4 Å². The van der Waals surface area contributed by atoms with Crippen molar-refractivity contribution in [3.63, 3.8) is 0 Å². The highest BCUT2D eigenvalue weighted by Gasteiger charge is 2.47. The second kappa shape index (κ2) is 17.6. The van der Waals surface area contributed by atoms with Crippen LogP contribution in [-0.4, -0.2) is 17.2 Å². The highest BCUT2D eigenvalue weighted by molar-refractivity contribution is 7.19. The highest BCUT2D eigenvalue weighted by atomic mass is 28.3. The molecule has 356 valence electrons. The standard InChI is InChI=1S/C73H50N2Si/c1-6-23-52(24-7-1)73(53-25-8-2-9-26-53)67-38-19-16-33-61(67)65-37-22-36-60(72(65)73)51-41-48-70-66(49-51)63-35-18-21-40-69(63)75(70)55-44-47-64-62-34-17-20-39-68(62)74(71(64)50-55)54-42-45-59(46-43-54)76(56-27-10-3-11-28-56,57-29-12-4-13-30-57)58-31-14-5-15-32-58/h1-50H. The van der Waals surface area contributed by atoms with Crippen LogP contribution in [0.15, 0.2) is 303 Å². The third-order valence-electron chi connectivity index (χ3n) is 16.6. The zero-order valence-corrected chi connectivity index (χ0v) is 42.8. The van der Waals surface area contributed by atoms with Crippen LogP contribution >= 0.6 is 0 Å². The van der Waals surface area contributed by atoms with Crippen molar-refractivity contribution in [1.82, 2.24) is 9.13 Å². The molecule has 12 aromatic carbocycles. The summed E-state index contributed by atoms with van der Waals surface area (Å²) in [5, 5.41) is 10.4. The van der Waals surface area contributed by atoms with E-state index in [0.717, 1.165) is 11.4 Å². The smallest absolute Gasteiger partial charge is 0.179 e. The number of aromatic nitrogens is 2. The van der Waals surface area contributed by atoms with E-state index in [0.29, 0.717) is 0 Å². The summed E-state index contributed by atoms with van der Waals surface area (Å²) in [4.78, 5) is 0. The third kappa shape index (κ3) is 6.40. The van der Waals surface area contributed by atoms with Gasteiger partial charge in [0.1, 0.15) is 0 Å². The maximum Gasteiger partial charge on any atom is 0.179 e. The number of nitrogens with zero attached hydrogens (tertiary/aromatic N) is 2. The lowest BCUT2D eigenvalue weighted by Crippen LogP contribution is -2.74. The summed E-state index contributed by atoms with van der Waals surface area (Å²) in [7, 11) is -2.71. The van der Waals surface area contributed by atoms with Gasteiger partial charge in [0.05, 0.1) is 27.5 Å². The van der Waals surface area contributed by atoms with Gasteiger partial charge in [-0.1, -0.05) is 255 Å². The van der Waals surface area contributed by atoms with Crippen LogP contribution in [-0.2, 0) is 5.41 Å². The fourth-order valence-electron chi connectivity index (χ4n) is 13.5. The molecule has 0 saturated heterocycles. The Morgan fingerprint density at radius 1 is 0.263 bits per heavy atom. The topological polar surface area (TPSA) is 9.86 Å². The van der Waals surface area contributed by atoms with Gasteiger partial charge >= 0.3 is 0 Å². The molecule has 76 heavy (non-hydrogen) atoms. The van der Waals surface area contributed by atoms with E-state index in [1.165, 1.54) is 109 Å². The SMILES string of the molecule is c1ccc(C2(c3ccccc3)c3ccccc3-c3cccc(-c4ccc5c(c4)c4ccccc4n5-c4ccc5c6ccccc6n(-c6ccc([Si](c7ccccc7)(c7ccccc7)c7ccccc7)cc6)c5c4)c32)cc1. The molecule has 1 aliphatic carbocycles. The predicted molar refractivity (Wildman–Crippen MR) is 321 cm³/mol. The fourth-order valence-corrected chi connectivity index (χ4v) is 18.2. The van der Waals surface area contributed by atoms with E-state index in [9.17, 15) is 0 Å². The molecule has 1 aliphatic rings. The molecule has 0 spiro atoms. The van der Waals surface area contributed by atoms with E-state index >= 15 is 0 Å². The van der Waals surface area contributed by atoms with Crippen LogP contribution in [0.1, 0.15) is 22.3 Å². The molecule has 0 atom stereocenters. The van der Waals surface area contributed by atoms with Gasteiger partial charge in [0.25, 0.3) is 0 Å². The Labute approximate surface area is 443 Å². The zero-order valence-electron chi connectivity index (χ0n) is 41.8. The van der Waals surface area contributed by atoms with Crippen molar-refractivity contribution in [2.75, 3.05) is 0 Å². The molecular weight excluding hydrogens is 933 g/mol. The first-order valence-corrected chi connectivity index (χ1v) is 28.4. The van der Waals surface area contributed by atoms with Crippen molar-refractivity contribution in [3.05, 3.63) is 326 Å². The number of hydrogen-bond donors (Lipinski definition) is 0. The van der Waals surface area contributed by atoms with Gasteiger partial charge in [-0.15, -0.1) is 0 Å². The van der Waals surface area contributed by atoms with Gasteiger partial charge < -0.3 is 9.13 Å².